The first-order chi connectivity index (χ1) is 10.1. The molecule has 0 amide bonds. The van der Waals surface area contributed by atoms with Crippen molar-refractivity contribution < 1.29 is 4.58 Å². The second kappa shape index (κ2) is 5.49. The summed E-state index contributed by atoms with van der Waals surface area (Å²) in [5.74, 6) is 0.973. The highest BCUT2D eigenvalue weighted by atomic mass is 32.1. The summed E-state index contributed by atoms with van der Waals surface area (Å²) in [4.78, 5) is 0. The molecule has 0 radical (unpaired) electrons. The zero-order valence-electron chi connectivity index (χ0n) is 13.2. The van der Waals surface area contributed by atoms with E-state index in [9.17, 15) is 0 Å². The van der Waals surface area contributed by atoms with Crippen LogP contribution in [0.3, 0.4) is 0 Å². The number of hydrogen-bond donors (Lipinski definition) is 1. The standard InChI is InChI=1S/C19H23NS/c1-14-19(2,3)18-16-9-5-4-8-15(16)10-11-17(18)20(14)12-6-7-13-21/h4-5,8-11H,6-7,12-13H2,1-3H3/p+1. The molecule has 0 saturated carbocycles. The Hall–Kier alpha value is -1.28. The van der Waals surface area contributed by atoms with Crippen LogP contribution in [0.25, 0.3) is 10.8 Å². The molecule has 1 nitrogen and oxygen atoms in total. The maximum Gasteiger partial charge on any atom is 0.210 e. The summed E-state index contributed by atoms with van der Waals surface area (Å²) in [5.41, 5.74) is 4.46. The molecule has 3 rings (SSSR count). The quantitative estimate of drug-likeness (QED) is 0.462. The van der Waals surface area contributed by atoms with Crippen LogP contribution < -0.4 is 0 Å². The summed E-state index contributed by atoms with van der Waals surface area (Å²) in [6.45, 7) is 8.09. The predicted molar refractivity (Wildman–Crippen MR) is 95.5 cm³/mol. The van der Waals surface area contributed by atoms with Gasteiger partial charge in [0.25, 0.3) is 0 Å². The first kappa shape index (κ1) is 14.6. The summed E-state index contributed by atoms with van der Waals surface area (Å²) in [6, 6.07) is 13.3. The van der Waals surface area contributed by atoms with Crippen LogP contribution in [-0.2, 0) is 5.41 Å². The third-order valence-corrected chi connectivity index (χ3v) is 5.24. The number of unbranched alkanes of at least 4 members (excludes halogenated alkanes) is 1. The zero-order valence-corrected chi connectivity index (χ0v) is 14.1. The Morgan fingerprint density at radius 3 is 2.57 bits per heavy atom. The Bertz CT molecular complexity index is 713. The van der Waals surface area contributed by atoms with E-state index in [1.807, 2.05) is 0 Å². The van der Waals surface area contributed by atoms with Crippen LogP contribution >= 0.6 is 12.6 Å². The number of thiol groups is 1. The van der Waals surface area contributed by atoms with Crippen LogP contribution in [0.2, 0.25) is 0 Å². The number of benzene rings is 2. The molecule has 21 heavy (non-hydrogen) atoms. The molecule has 0 saturated heterocycles. The maximum atomic E-state index is 4.33. The predicted octanol–water partition coefficient (Wildman–Crippen LogP) is 4.95. The summed E-state index contributed by atoms with van der Waals surface area (Å²) in [6.07, 6.45) is 2.37. The molecule has 0 fully saturated rings. The van der Waals surface area contributed by atoms with E-state index in [1.165, 1.54) is 40.6 Å². The van der Waals surface area contributed by atoms with Crippen LogP contribution in [0.4, 0.5) is 5.69 Å². The van der Waals surface area contributed by atoms with Crippen LogP contribution in [-0.4, -0.2) is 22.6 Å². The number of fused-ring (bicyclic) bond motifs is 3. The molecule has 0 bridgehead atoms. The highest BCUT2D eigenvalue weighted by Gasteiger charge is 2.43. The second-order valence-electron chi connectivity index (χ2n) is 6.47. The molecular weight excluding hydrogens is 274 g/mol. The van der Waals surface area contributed by atoms with E-state index < -0.39 is 0 Å². The topological polar surface area (TPSA) is 3.01 Å². The van der Waals surface area contributed by atoms with Gasteiger partial charge in [-0.1, -0.05) is 24.3 Å². The van der Waals surface area contributed by atoms with E-state index in [2.05, 4.69) is 74.4 Å². The fourth-order valence-corrected chi connectivity index (χ4v) is 3.73. The average Bonchev–Trinajstić information content (AvgIpc) is 2.68. The minimum Gasteiger partial charge on any atom is -0.199 e. The zero-order chi connectivity index (χ0) is 15.0. The second-order valence-corrected chi connectivity index (χ2v) is 6.92. The number of hydrogen-bond acceptors (Lipinski definition) is 1. The SMILES string of the molecule is CC1=[N+](CCCCS)c2ccc3ccccc3c2C1(C)C. The van der Waals surface area contributed by atoms with Gasteiger partial charge in [-0.05, 0) is 42.9 Å². The highest BCUT2D eigenvalue weighted by molar-refractivity contribution is 7.80. The molecule has 2 aromatic carbocycles. The van der Waals surface area contributed by atoms with Crippen LogP contribution in [0, 0.1) is 0 Å². The van der Waals surface area contributed by atoms with Gasteiger partial charge in [0.2, 0.25) is 5.69 Å². The summed E-state index contributed by atoms with van der Waals surface area (Å²) < 4.78 is 2.52. The van der Waals surface area contributed by atoms with Gasteiger partial charge in [0.05, 0.1) is 5.41 Å². The van der Waals surface area contributed by atoms with Crippen molar-refractivity contribution in [3.63, 3.8) is 0 Å². The molecule has 0 aliphatic carbocycles. The van der Waals surface area contributed by atoms with E-state index >= 15 is 0 Å². The minimum atomic E-state index is 0.108. The average molecular weight is 298 g/mol. The Balaban J connectivity index is 2.15. The van der Waals surface area contributed by atoms with Gasteiger partial charge in [-0.15, -0.1) is 0 Å². The van der Waals surface area contributed by atoms with E-state index in [4.69, 9.17) is 0 Å². The Morgan fingerprint density at radius 1 is 1.05 bits per heavy atom. The summed E-state index contributed by atoms with van der Waals surface area (Å²) >= 11 is 4.33. The lowest BCUT2D eigenvalue weighted by Gasteiger charge is -2.17. The number of rotatable bonds is 4. The fraction of sp³-hybridized carbons (Fsp3) is 0.421. The molecule has 0 N–H and O–H groups in total. The van der Waals surface area contributed by atoms with Crippen molar-refractivity contribution in [3.05, 3.63) is 42.0 Å². The van der Waals surface area contributed by atoms with Crippen molar-refractivity contribution in [3.8, 4) is 0 Å². The lowest BCUT2D eigenvalue weighted by Crippen LogP contribution is -2.26. The van der Waals surface area contributed by atoms with Crippen LogP contribution in [0.15, 0.2) is 36.4 Å². The molecule has 0 unspecified atom stereocenters. The highest BCUT2D eigenvalue weighted by Crippen LogP contribution is 2.43. The third kappa shape index (κ3) is 2.30. The Labute approximate surface area is 133 Å². The third-order valence-electron chi connectivity index (χ3n) is 4.92. The van der Waals surface area contributed by atoms with E-state index in [1.54, 1.807) is 0 Å². The molecule has 2 heteroatoms. The Kier molecular flexibility index (Phi) is 3.83. The van der Waals surface area contributed by atoms with Crippen molar-refractivity contribution >= 4 is 34.8 Å². The van der Waals surface area contributed by atoms with Gasteiger partial charge < -0.3 is 0 Å². The van der Waals surface area contributed by atoms with Crippen LogP contribution in [0.5, 0.6) is 0 Å². The maximum absolute atomic E-state index is 4.33. The van der Waals surface area contributed by atoms with E-state index in [-0.39, 0.29) is 5.41 Å². The minimum absolute atomic E-state index is 0.108. The number of nitrogens with zero attached hydrogens (tertiary/aromatic N) is 1. The molecule has 0 aromatic heterocycles. The van der Waals surface area contributed by atoms with E-state index in [0.717, 1.165) is 12.3 Å². The molecule has 110 valence electrons. The van der Waals surface area contributed by atoms with Gasteiger partial charge in [-0.3, -0.25) is 0 Å². The van der Waals surface area contributed by atoms with E-state index in [0.29, 0.717) is 0 Å². The van der Waals surface area contributed by atoms with Crippen molar-refractivity contribution in [1.29, 1.82) is 0 Å². The summed E-state index contributed by atoms with van der Waals surface area (Å²) in [5, 5.41) is 2.74. The molecule has 0 spiro atoms. The molecule has 0 atom stereocenters. The lowest BCUT2D eigenvalue weighted by atomic mass is 9.80. The lowest BCUT2D eigenvalue weighted by molar-refractivity contribution is -0.439. The Morgan fingerprint density at radius 2 is 1.81 bits per heavy atom. The first-order valence-corrected chi connectivity index (χ1v) is 8.45. The first-order valence-electron chi connectivity index (χ1n) is 7.82. The van der Waals surface area contributed by atoms with Crippen LogP contribution in [0.1, 0.15) is 39.2 Å². The molecule has 1 aliphatic heterocycles. The normalized spacial score (nSPS) is 16.6. The van der Waals surface area contributed by atoms with Gasteiger partial charge >= 0.3 is 0 Å². The van der Waals surface area contributed by atoms with Gasteiger partial charge in [0.15, 0.2) is 5.71 Å². The molecular formula is C19H24NS+. The van der Waals surface area contributed by atoms with Gasteiger partial charge in [0, 0.05) is 25.0 Å². The fourth-order valence-electron chi connectivity index (χ4n) is 3.51. The van der Waals surface area contributed by atoms with Gasteiger partial charge in [0.1, 0.15) is 6.54 Å². The largest absolute Gasteiger partial charge is 0.210 e. The summed E-state index contributed by atoms with van der Waals surface area (Å²) in [7, 11) is 0. The smallest absolute Gasteiger partial charge is 0.199 e. The molecule has 1 aliphatic rings. The van der Waals surface area contributed by atoms with Gasteiger partial charge in [-0.2, -0.15) is 17.2 Å². The molecule has 2 aromatic rings. The van der Waals surface area contributed by atoms with Crippen molar-refractivity contribution in [1.82, 2.24) is 0 Å². The van der Waals surface area contributed by atoms with Crippen molar-refractivity contribution in [2.45, 2.75) is 39.0 Å². The van der Waals surface area contributed by atoms with Crippen molar-refractivity contribution in [2.24, 2.45) is 0 Å². The molecule has 1 heterocycles. The van der Waals surface area contributed by atoms with Crippen molar-refractivity contribution in [2.75, 3.05) is 12.3 Å². The monoisotopic (exact) mass is 298 g/mol. The van der Waals surface area contributed by atoms with Gasteiger partial charge in [-0.25, -0.2) is 0 Å².